The van der Waals surface area contributed by atoms with Crippen LogP contribution in [0.2, 0.25) is 0 Å². The van der Waals surface area contributed by atoms with Gasteiger partial charge in [-0.25, -0.2) is 0 Å². The van der Waals surface area contributed by atoms with Crippen molar-refractivity contribution in [2.75, 3.05) is 0 Å². The summed E-state index contributed by atoms with van der Waals surface area (Å²) >= 11 is 0. The third kappa shape index (κ3) is 3.13. The topological polar surface area (TPSA) is 54.4 Å². The number of carbonyl (C=O) groups excluding carboxylic acids is 1. The number of aliphatic carboxylic acids is 1. The molecule has 0 aliphatic heterocycles. The summed E-state index contributed by atoms with van der Waals surface area (Å²) in [7, 11) is 0. The van der Waals surface area contributed by atoms with Crippen LogP contribution in [-0.2, 0) is 9.59 Å². The second kappa shape index (κ2) is 5.13. The largest absolute Gasteiger partial charge is 0.481 e. The lowest BCUT2D eigenvalue weighted by atomic mass is 9.82. The summed E-state index contributed by atoms with van der Waals surface area (Å²) in [6, 6.07) is 0. The molecule has 0 aromatic carbocycles. The van der Waals surface area contributed by atoms with Gasteiger partial charge in [-0.2, -0.15) is 0 Å². The van der Waals surface area contributed by atoms with E-state index in [1.54, 1.807) is 13.8 Å². The van der Waals surface area contributed by atoms with E-state index in [-0.39, 0.29) is 17.6 Å². The van der Waals surface area contributed by atoms with Crippen molar-refractivity contribution < 1.29 is 14.7 Å². The first-order valence-corrected chi connectivity index (χ1v) is 5.05. The minimum atomic E-state index is -0.901. The Labute approximate surface area is 85.5 Å². The minimum absolute atomic E-state index is 0.0508. The lowest BCUT2D eigenvalue weighted by Crippen LogP contribution is -2.31. The maximum Gasteiger partial charge on any atom is 0.306 e. The highest BCUT2D eigenvalue weighted by atomic mass is 16.4. The molecule has 0 radical (unpaired) electrons. The minimum Gasteiger partial charge on any atom is -0.481 e. The van der Waals surface area contributed by atoms with Gasteiger partial charge in [-0.05, 0) is 5.92 Å². The summed E-state index contributed by atoms with van der Waals surface area (Å²) in [5, 5.41) is 8.77. The zero-order valence-electron chi connectivity index (χ0n) is 9.57. The predicted octanol–water partition coefficient (Wildman–Crippen LogP) is 2.20. The Morgan fingerprint density at radius 3 is 1.57 bits per heavy atom. The molecule has 0 amide bonds. The Balaban J connectivity index is 4.46. The number of carboxylic acids is 1. The van der Waals surface area contributed by atoms with Crippen LogP contribution in [0.25, 0.3) is 0 Å². The van der Waals surface area contributed by atoms with Crippen molar-refractivity contribution in [3.05, 3.63) is 0 Å². The van der Waals surface area contributed by atoms with E-state index >= 15 is 0 Å². The Kier molecular flexibility index (Phi) is 4.81. The first-order chi connectivity index (χ1) is 6.29. The molecule has 0 heterocycles. The molecule has 3 heteroatoms. The van der Waals surface area contributed by atoms with Gasteiger partial charge in [0.15, 0.2) is 0 Å². The Bertz CT molecular complexity index is 221. The predicted molar refractivity (Wildman–Crippen MR) is 55.0 cm³/mol. The summed E-state index contributed by atoms with van der Waals surface area (Å²) in [5.41, 5.74) is 0. The van der Waals surface area contributed by atoms with E-state index < -0.39 is 17.8 Å². The van der Waals surface area contributed by atoms with Gasteiger partial charge in [-0.15, -0.1) is 0 Å². The van der Waals surface area contributed by atoms with Crippen molar-refractivity contribution in [2.45, 2.75) is 34.6 Å². The molecule has 0 saturated heterocycles. The number of carbonyl (C=O) groups is 2. The molecular formula is C11H20O3. The molecule has 0 aliphatic carbocycles. The summed E-state index contributed by atoms with van der Waals surface area (Å²) in [4.78, 5) is 22.5. The Morgan fingerprint density at radius 2 is 1.29 bits per heavy atom. The number of rotatable bonds is 5. The summed E-state index contributed by atoms with van der Waals surface area (Å²) in [6.07, 6.45) is 0. The van der Waals surface area contributed by atoms with E-state index in [1.165, 1.54) is 0 Å². The number of Topliss-reactive ketones (excluding diaryl/α,β-unsaturated/α-hetero) is 1. The maximum atomic E-state index is 11.8. The lowest BCUT2D eigenvalue weighted by Gasteiger charge is -2.21. The number of hydrogen-bond acceptors (Lipinski definition) is 2. The number of carboxylic acid groups (broad SMARTS) is 1. The van der Waals surface area contributed by atoms with Crippen LogP contribution < -0.4 is 0 Å². The van der Waals surface area contributed by atoms with Crippen molar-refractivity contribution in [3.8, 4) is 0 Å². The quantitative estimate of drug-likeness (QED) is 0.740. The Morgan fingerprint density at radius 1 is 0.857 bits per heavy atom. The van der Waals surface area contributed by atoms with Crippen LogP contribution in [0, 0.1) is 23.7 Å². The van der Waals surface area contributed by atoms with Gasteiger partial charge in [-0.3, -0.25) is 9.59 Å². The third-order valence-electron chi connectivity index (χ3n) is 3.04. The zero-order chi connectivity index (χ0) is 11.5. The molecule has 0 aliphatic rings. The van der Waals surface area contributed by atoms with Crippen LogP contribution in [0.5, 0.6) is 0 Å². The lowest BCUT2D eigenvalue weighted by molar-refractivity contribution is -0.146. The molecule has 3 unspecified atom stereocenters. The molecule has 82 valence electrons. The van der Waals surface area contributed by atoms with Crippen molar-refractivity contribution in [1.29, 1.82) is 0 Å². The molecule has 0 spiro atoms. The zero-order valence-corrected chi connectivity index (χ0v) is 9.57. The van der Waals surface area contributed by atoms with Crippen molar-refractivity contribution in [2.24, 2.45) is 23.7 Å². The second-order valence-electron chi connectivity index (χ2n) is 4.35. The standard InChI is InChI=1S/C11H20O3/c1-6(2)7(3)10(12)8(4)9(5)11(13)14/h6-9H,1-5H3,(H,13,14). The second-order valence-corrected chi connectivity index (χ2v) is 4.35. The van der Waals surface area contributed by atoms with Gasteiger partial charge in [-0.1, -0.05) is 34.6 Å². The SMILES string of the molecule is CC(C)C(C)C(=O)C(C)C(C)C(=O)O. The molecule has 14 heavy (non-hydrogen) atoms. The van der Waals surface area contributed by atoms with E-state index in [4.69, 9.17) is 5.11 Å². The molecule has 0 bridgehead atoms. The van der Waals surface area contributed by atoms with Crippen LogP contribution in [0.3, 0.4) is 0 Å². The smallest absolute Gasteiger partial charge is 0.306 e. The van der Waals surface area contributed by atoms with Crippen molar-refractivity contribution >= 4 is 11.8 Å². The molecule has 0 aromatic heterocycles. The number of hydrogen-bond donors (Lipinski definition) is 1. The van der Waals surface area contributed by atoms with Gasteiger partial charge in [0.25, 0.3) is 0 Å². The van der Waals surface area contributed by atoms with Crippen LogP contribution in [0.15, 0.2) is 0 Å². The van der Waals surface area contributed by atoms with Crippen LogP contribution in [0.4, 0.5) is 0 Å². The fraction of sp³-hybridized carbons (Fsp3) is 0.818. The molecule has 0 fully saturated rings. The molecular weight excluding hydrogens is 180 g/mol. The Hall–Kier alpha value is -0.860. The van der Waals surface area contributed by atoms with Crippen LogP contribution in [-0.4, -0.2) is 16.9 Å². The monoisotopic (exact) mass is 200 g/mol. The molecule has 0 saturated carbocycles. The summed E-state index contributed by atoms with van der Waals surface area (Å²) in [6.45, 7) is 9.08. The highest BCUT2D eigenvalue weighted by Gasteiger charge is 2.29. The van der Waals surface area contributed by atoms with E-state index in [2.05, 4.69) is 0 Å². The number of ketones is 1. The van der Waals surface area contributed by atoms with Gasteiger partial charge < -0.3 is 5.11 Å². The fourth-order valence-electron chi connectivity index (χ4n) is 1.20. The first-order valence-electron chi connectivity index (χ1n) is 5.05. The fourth-order valence-corrected chi connectivity index (χ4v) is 1.20. The van der Waals surface area contributed by atoms with E-state index in [0.717, 1.165) is 0 Å². The van der Waals surface area contributed by atoms with Crippen molar-refractivity contribution in [3.63, 3.8) is 0 Å². The van der Waals surface area contributed by atoms with Crippen molar-refractivity contribution in [1.82, 2.24) is 0 Å². The molecule has 1 N–H and O–H groups in total. The van der Waals surface area contributed by atoms with Gasteiger partial charge in [0, 0.05) is 11.8 Å². The normalized spacial score (nSPS) is 17.6. The van der Waals surface area contributed by atoms with Crippen LogP contribution in [0.1, 0.15) is 34.6 Å². The summed E-state index contributed by atoms with van der Waals surface area (Å²) in [5.74, 6) is -1.64. The van der Waals surface area contributed by atoms with Gasteiger partial charge in [0.05, 0.1) is 5.92 Å². The highest BCUT2D eigenvalue weighted by molar-refractivity contribution is 5.87. The van der Waals surface area contributed by atoms with Gasteiger partial charge >= 0.3 is 5.97 Å². The van der Waals surface area contributed by atoms with Crippen LogP contribution >= 0.6 is 0 Å². The van der Waals surface area contributed by atoms with Gasteiger partial charge in [0.1, 0.15) is 5.78 Å². The highest BCUT2D eigenvalue weighted by Crippen LogP contribution is 2.21. The molecule has 3 atom stereocenters. The molecule has 0 rings (SSSR count). The van der Waals surface area contributed by atoms with E-state index in [0.29, 0.717) is 0 Å². The molecule has 3 nitrogen and oxygen atoms in total. The van der Waals surface area contributed by atoms with Gasteiger partial charge in [0.2, 0.25) is 0 Å². The first kappa shape index (κ1) is 13.1. The maximum absolute atomic E-state index is 11.8. The average molecular weight is 200 g/mol. The third-order valence-corrected chi connectivity index (χ3v) is 3.04. The van der Waals surface area contributed by atoms with E-state index in [9.17, 15) is 9.59 Å². The molecule has 0 aromatic rings. The summed E-state index contributed by atoms with van der Waals surface area (Å²) < 4.78 is 0. The van der Waals surface area contributed by atoms with E-state index in [1.807, 2.05) is 20.8 Å². The average Bonchev–Trinajstić information content (AvgIpc) is 2.12.